The molecular weight excluding hydrogens is 334 g/mol. The minimum absolute atomic E-state index is 0.124. The zero-order valence-corrected chi connectivity index (χ0v) is 15.4. The Morgan fingerprint density at radius 3 is 2.50 bits per heavy atom. The summed E-state index contributed by atoms with van der Waals surface area (Å²) in [6, 6.07) is 3.94. The van der Waals surface area contributed by atoms with Gasteiger partial charge in [-0.2, -0.15) is 0 Å². The van der Waals surface area contributed by atoms with Crippen LogP contribution in [-0.2, 0) is 4.74 Å². The van der Waals surface area contributed by atoms with Crippen molar-refractivity contribution in [1.29, 1.82) is 0 Å². The van der Waals surface area contributed by atoms with E-state index < -0.39 is 5.91 Å². The first kappa shape index (κ1) is 18.4. The number of pyridine rings is 1. The highest BCUT2D eigenvalue weighted by Crippen LogP contribution is 2.22. The first-order valence-corrected chi connectivity index (χ1v) is 9.14. The van der Waals surface area contributed by atoms with Crippen LogP contribution in [0.3, 0.4) is 0 Å². The molecule has 2 fully saturated rings. The molecule has 142 valence electrons. The summed E-state index contributed by atoms with van der Waals surface area (Å²) in [6.45, 7) is 8.98. The van der Waals surface area contributed by atoms with Crippen molar-refractivity contribution in [1.82, 2.24) is 14.8 Å². The smallest absolute Gasteiger partial charge is 0.410 e. The molecule has 1 aromatic heterocycles. The highest BCUT2D eigenvalue weighted by molar-refractivity contribution is 5.90. The summed E-state index contributed by atoms with van der Waals surface area (Å²) in [4.78, 5) is 33.8. The maximum absolute atomic E-state index is 12.4. The minimum Gasteiger partial charge on any atom is -0.444 e. The van der Waals surface area contributed by atoms with Crippen LogP contribution in [0, 0.1) is 0 Å². The summed E-state index contributed by atoms with van der Waals surface area (Å²) in [7, 11) is 0. The van der Waals surface area contributed by atoms with Crippen LogP contribution >= 0.6 is 0 Å². The van der Waals surface area contributed by atoms with E-state index in [1.807, 2.05) is 6.07 Å². The average Bonchev–Trinajstić information content (AvgIpc) is 3.10. The molecule has 1 atom stereocenters. The third kappa shape index (κ3) is 4.24. The Morgan fingerprint density at radius 2 is 1.92 bits per heavy atom. The highest BCUT2D eigenvalue weighted by Gasteiger charge is 2.29. The third-order valence-corrected chi connectivity index (χ3v) is 5.08. The monoisotopic (exact) mass is 361 g/mol. The second kappa shape index (κ2) is 7.90. The van der Waals surface area contributed by atoms with Crippen LogP contribution in [0.5, 0.6) is 0 Å². The van der Waals surface area contributed by atoms with E-state index in [-0.39, 0.29) is 17.9 Å². The summed E-state index contributed by atoms with van der Waals surface area (Å²) >= 11 is 0. The van der Waals surface area contributed by atoms with Gasteiger partial charge >= 0.3 is 6.09 Å². The van der Waals surface area contributed by atoms with E-state index in [2.05, 4.69) is 28.6 Å². The van der Waals surface area contributed by atoms with Gasteiger partial charge in [-0.15, -0.1) is 0 Å². The lowest BCUT2D eigenvalue weighted by molar-refractivity contribution is 0.0474. The van der Waals surface area contributed by atoms with E-state index in [9.17, 15) is 9.59 Å². The fourth-order valence-electron chi connectivity index (χ4n) is 3.42. The van der Waals surface area contributed by atoms with Gasteiger partial charge in [-0.05, 0) is 26.0 Å². The number of nitrogens with two attached hydrogens (primary N) is 1. The second-order valence-corrected chi connectivity index (χ2v) is 7.12. The fraction of sp³-hybridized carbons (Fsp3) is 0.611. The van der Waals surface area contributed by atoms with Crippen molar-refractivity contribution in [2.24, 2.45) is 5.73 Å². The van der Waals surface area contributed by atoms with Gasteiger partial charge in [-0.3, -0.25) is 9.69 Å². The molecule has 0 aliphatic carbocycles. The number of aromatic nitrogens is 1. The maximum Gasteiger partial charge on any atom is 0.410 e. The number of hydrogen-bond acceptors (Lipinski definition) is 6. The fourth-order valence-corrected chi connectivity index (χ4v) is 3.42. The summed E-state index contributed by atoms with van der Waals surface area (Å²) in [5, 5.41) is 0. The van der Waals surface area contributed by atoms with E-state index in [0.29, 0.717) is 25.7 Å². The number of anilines is 1. The predicted molar refractivity (Wildman–Crippen MR) is 98.1 cm³/mol. The molecule has 2 aliphatic rings. The van der Waals surface area contributed by atoms with Gasteiger partial charge < -0.3 is 20.3 Å². The van der Waals surface area contributed by atoms with Crippen molar-refractivity contribution in [2.75, 3.05) is 44.2 Å². The van der Waals surface area contributed by atoms with Gasteiger partial charge in [0.2, 0.25) is 0 Å². The Labute approximate surface area is 153 Å². The molecule has 2 aliphatic heterocycles. The van der Waals surface area contributed by atoms with Crippen molar-refractivity contribution in [3.8, 4) is 0 Å². The maximum atomic E-state index is 12.4. The first-order valence-electron chi connectivity index (χ1n) is 9.14. The van der Waals surface area contributed by atoms with E-state index >= 15 is 0 Å². The molecule has 0 radical (unpaired) electrons. The summed E-state index contributed by atoms with van der Waals surface area (Å²) in [5.74, 6) is -0.539. The van der Waals surface area contributed by atoms with E-state index in [0.717, 1.165) is 31.7 Å². The molecular formula is C18H27N5O3. The first-order chi connectivity index (χ1) is 12.4. The van der Waals surface area contributed by atoms with Crippen LogP contribution in [0.4, 0.5) is 10.5 Å². The lowest BCUT2D eigenvalue weighted by atomic mass is 10.2. The molecule has 3 rings (SSSR count). The van der Waals surface area contributed by atoms with Crippen molar-refractivity contribution >= 4 is 17.7 Å². The number of primary amides is 1. The molecule has 0 spiro atoms. The topological polar surface area (TPSA) is 92.0 Å². The number of ether oxygens (including phenoxy) is 1. The SMILES string of the molecule is CC(C)N1CCN(C(=O)OC2CCN(c3ccc(C(N)=O)nc3)C2)CC1. The minimum atomic E-state index is -0.539. The second-order valence-electron chi connectivity index (χ2n) is 7.12. The zero-order valence-electron chi connectivity index (χ0n) is 15.4. The molecule has 2 saturated heterocycles. The van der Waals surface area contributed by atoms with Crippen molar-refractivity contribution in [3.63, 3.8) is 0 Å². The number of hydrogen-bond donors (Lipinski definition) is 1. The van der Waals surface area contributed by atoms with Gasteiger partial charge in [-0.1, -0.05) is 0 Å². The number of carbonyl (C=O) groups is 2. The quantitative estimate of drug-likeness (QED) is 0.857. The van der Waals surface area contributed by atoms with Crippen LogP contribution in [0.1, 0.15) is 30.8 Å². The van der Waals surface area contributed by atoms with Gasteiger partial charge in [0.15, 0.2) is 0 Å². The molecule has 3 heterocycles. The largest absolute Gasteiger partial charge is 0.444 e. The lowest BCUT2D eigenvalue weighted by Gasteiger charge is -2.36. The molecule has 26 heavy (non-hydrogen) atoms. The molecule has 1 unspecified atom stereocenters. The van der Waals surface area contributed by atoms with Crippen LogP contribution in [0.15, 0.2) is 18.3 Å². The number of piperazine rings is 1. The van der Waals surface area contributed by atoms with Crippen molar-refractivity contribution < 1.29 is 14.3 Å². The number of rotatable bonds is 4. The van der Waals surface area contributed by atoms with Gasteiger partial charge in [0.25, 0.3) is 5.91 Å². The van der Waals surface area contributed by atoms with Crippen LogP contribution in [0.25, 0.3) is 0 Å². The summed E-state index contributed by atoms with van der Waals surface area (Å²) < 4.78 is 5.69. The Bertz CT molecular complexity index is 641. The van der Waals surface area contributed by atoms with Crippen molar-refractivity contribution in [2.45, 2.75) is 32.4 Å². The van der Waals surface area contributed by atoms with Gasteiger partial charge in [0.1, 0.15) is 11.8 Å². The molecule has 0 aromatic carbocycles. The molecule has 0 bridgehead atoms. The van der Waals surface area contributed by atoms with E-state index in [4.69, 9.17) is 10.5 Å². The molecule has 8 nitrogen and oxygen atoms in total. The molecule has 2 N–H and O–H groups in total. The highest BCUT2D eigenvalue weighted by atomic mass is 16.6. The van der Waals surface area contributed by atoms with Gasteiger partial charge in [0.05, 0.1) is 18.4 Å². The average molecular weight is 361 g/mol. The Morgan fingerprint density at radius 1 is 1.19 bits per heavy atom. The normalized spacial score (nSPS) is 21.3. The standard InChI is InChI=1S/C18H27N5O3/c1-13(2)21-7-9-22(10-8-21)18(25)26-15-5-6-23(12-15)14-3-4-16(17(19)24)20-11-14/h3-4,11,13,15H,5-10,12H2,1-2H3,(H2,19,24). The van der Waals surface area contributed by atoms with Crippen LogP contribution in [0.2, 0.25) is 0 Å². The Hall–Kier alpha value is -2.35. The number of carbonyl (C=O) groups excluding carboxylic acids is 2. The van der Waals surface area contributed by atoms with E-state index in [1.54, 1.807) is 17.2 Å². The molecule has 0 saturated carbocycles. The molecule has 8 heteroatoms. The summed E-state index contributed by atoms with van der Waals surface area (Å²) in [5.41, 5.74) is 6.36. The summed E-state index contributed by atoms with van der Waals surface area (Å²) in [6.07, 6.45) is 2.08. The third-order valence-electron chi connectivity index (χ3n) is 5.08. The Balaban J connectivity index is 1.48. The zero-order chi connectivity index (χ0) is 18.7. The molecule has 1 aromatic rings. The number of amides is 2. The van der Waals surface area contributed by atoms with Crippen LogP contribution < -0.4 is 10.6 Å². The number of nitrogens with zero attached hydrogens (tertiary/aromatic N) is 4. The van der Waals surface area contributed by atoms with Gasteiger partial charge in [0, 0.05) is 45.2 Å². The van der Waals surface area contributed by atoms with E-state index in [1.165, 1.54) is 0 Å². The molecule has 2 amide bonds. The van der Waals surface area contributed by atoms with Gasteiger partial charge in [-0.25, -0.2) is 9.78 Å². The predicted octanol–water partition coefficient (Wildman–Crippen LogP) is 0.922. The lowest BCUT2D eigenvalue weighted by Crippen LogP contribution is -2.51. The Kier molecular flexibility index (Phi) is 5.61. The van der Waals surface area contributed by atoms with Crippen molar-refractivity contribution in [3.05, 3.63) is 24.0 Å². The van der Waals surface area contributed by atoms with Crippen LogP contribution in [-0.4, -0.2) is 78.2 Å².